The van der Waals surface area contributed by atoms with Crippen molar-refractivity contribution < 1.29 is 0 Å². The first-order valence-electron chi connectivity index (χ1n) is 7.92. The highest BCUT2D eigenvalue weighted by atomic mass is 15.3. The minimum absolute atomic E-state index is 0.440. The van der Waals surface area contributed by atoms with E-state index in [1.165, 1.54) is 11.1 Å². The zero-order valence-electron chi connectivity index (χ0n) is 13.5. The first kappa shape index (κ1) is 15.8. The van der Waals surface area contributed by atoms with Crippen LogP contribution in [0.3, 0.4) is 0 Å². The van der Waals surface area contributed by atoms with Gasteiger partial charge in [0.25, 0.3) is 0 Å². The van der Waals surface area contributed by atoms with Crippen LogP contribution in [0, 0.1) is 0 Å². The second kappa shape index (κ2) is 7.97. The molecule has 0 spiro atoms. The SMILES string of the molecule is NC(=NCc1cnn(Cc2ccccc2)c1)NCc1ccccc1. The number of benzene rings is 2. The van der Waals surface area contributed by atoms with E-state index < -0.39 is 0 Å². The highest BCUT2D eigenvalue weighted by Crippen LogP contribution is 2.05. The molecule has 24 heavy (non-hydrogen) atoms. The van der Waals surface area contributed by atoms with Crippen LogP contribution in [0.4, 0.5) is 0 Å². The van der Waals surface area contributed by atoms with Crippen molar-refractivity contribution in [1.29, 1.82) is 0 Å². The van der Waals surface area contributed by atoms with Gasteiger partial charge < -0.3 is 11.1 Å². The molecule has 0 bridgehead atoms. The van der Waals surface area contributed by atoms with Crippen molar-refractivity contribution in [2.45, 2.75) is 19.6 Å². The highest BCUT2D eigenvalue weighted by molar-refractivity contribution is 5.77. The van der Waals surface area contributed by atoms with Crippen molar-refractivity contribution in [2.75, 3.05) is 0 Å². The van der Waals surface area contributed by atoms with Crippen LogP contribution in [0.25, 0.3) is 0 Å². The Balaban J connectivity index is 1.51. The van der Waals surface area contributed by atoms with Crippen LogP contribution in [-0.4, -0.2) is 15.7 Å². The fourth-order valence-corrected chi connectivity index (χ4v) is 2.37. The van der Waals surface area contributed by atoms with Gasteiger partial charge in [-0.05, 0) is 11.1 Å². The van der Waals surface area contributed by atoms with E-state index in [4.69, 9.17) is 5.73 Å². The molecule has 0 aliphatic heterocycles. The molecule has 0 aliphatic carbocycles. The standard InChI is InChI=1S/C19H21N5/c20-19(21-11-16-7-3-1-4-8-16)22-12-18-13-23-24(15-18)14-17-9-5-2-6-10-17/h1-10,13,15H,11-12,14H2,(H3,20,21,22). The first-order valence-corrected chi connectivity index (χ1v) is 7.92. The molecular weight excluding hydrogens is 298 g/mol. The number of nitrogens with two attached hydrogens (primary N) is 1. The normalized spacial score (nSPS) is 11.4. The Morgan fingerprint density at radius 2 is 1.62 bits per heavy atom. The van der Waals surface area contributed by atoms with Crippen molar-refractivity contribution in [3.05, 3.63) is 89.7 Å². The molecule has 0 radical (unpaired) electrons. The number of hydrogen-bond donors (Lipinski definition) is 2. The third-order valence-corrected chi connectivity index (χ3v) is 3.62. The lowest BCUT2D eigenvalue weighted by Gasteiger charge is -2.05. The van der Waals surface area contributed by atoms with Crippen LogP contribution in [0.5, 0.6) is 0 Å². The largest absolute Gasteiger partial charge is 0.370 e. The first-order chi connectivity index (χ1) is 11.8. The summed E-state index contributed by atoms with van der Waals surface area (Å²) in [6.45, 7) is 1.94. The van der Waals surface area contributed by atoms with E-state index in [1.54, 1.807) is 0 Å². The molecule has 1 aromatic heterocycles. The van der Waals surface area contributed by atoms with Gasteiger partial charge in [-0.15, -0.1) is 0 Å². The zero-order chi connectivity index (χ0) is 16.6. The summed E-state index contributed by atoms with van der Waals surface area (Å²) < 4.78 is 1.91. The topological polar surface area (TPSA) is 68.2 Å². The molecule has 0 amide bonds. The summed E-state index contributed by atoms with van der Waals surface area (Å²) in [4.78, 5) is 4.36. The Morgan fingerprint density at radius 1 is 0.958 bits per heavy atom. The smallest absolute Gasteiger partial charge is 0.189 e. The molecule has 0 atom stereocenters. The van der Waals surface area contributed by atoms with Gasteiger partial charge in [0.1, 0.15) is 0 Å². The summed E-state index contributed by atoms with van der Waals surface area (Å²) in [5.74, 6) is 0.440. The van der Waals surface area contributed by atoms with Crippen molar-refractivity contribution in [2.24, 2.45) is 10.7 Å². The van der Waals surface area contributed by atoms with Crippen LogP contribution < -0.4 is 11.1 Å². The van der Waals surface area contributed by atoms with Gasteiger partial charge in [0.2, 0.25) is 0 Å². The third kappa shape index (κ3) is 4.71. The van der Waals surface area contributed by atoms with Crippen molar-refractivity contribution in [3.8, 4) is 0 Å². The van der Waals surface area contributed by atoms with E-state index in [-0.39, 0.29) is 0 Å². The molecule has 0 fully saturated rings. The van der Waals surface area contributed by atoms with E-state index in [2.05, 4.69) is 27.5 Å². The van der Waals surface area contributed by atoms with Gasteiger partial charge in [-0.25, -0.2) is 4.99 Å². The van der Waals surface area contributed by atoms with Gasteiger partial charge in [-0.1, -0.05) is 60.7 Å². The molecule has 0 unspecified atom stereocenters. The summed E-state index contributed by atoms with van der Waals surface area (Å²) in [7, 11) is 0. The fourth-order valence-electron chi connectivity index (χ4n) is 2.37. The minimum atomic E-state index is 0.440. The number of aromatic nitrogens is 2. The quantitative estimate of drug-likeness (QED) is 0.542. The van der Waals surface area contributed by atoms with Crippen LogP contribution >= 0.6 is 0 Å². The lowest BCUT2D eigenvalue weighted by atomic mass is 10.2. The van der Waals surface area contributed by atoms with Gasteiger partial charge in [-0.2, -0.15) is 5.10 Å². The molecule has 5 heteroatoms. The number of aliphatic imine (C=N–C) groups is 1. The van der Waals surface area contributed by atoms with Crippen molar-refractivity contribution in [3.63, 3.8) is 0 Å². The molecule has 1 heterocycles. The maximum Gasteiger partial charge on any atom is 0.189 e. The molecule has 3 aromatic rings. The Hall–Kier alpha value is -3.08. The van der Waals surface area contributed by atoms with Crippen LogP contribution in [0.1, 0.15) is 16.7 Å². The van der Waals surface area contributed by atoms with Crippen molar-refractivity contribution in [1.82, 2.24) is 15.1 Å². The molecule has 122 valence electrons. The average Bonchev–Trinajstić information content (AvgIpc) is 3.07. The van der Waals surface area contributed by atoms with Crippen LogP contribution in [-0.2, 0) is 19.6 Å². The predicted molar refractivity (Wildman–Crippen MR) is 96.4 cm³/mol. The lowest BCUT2D eigenvalue weighted by molar-refractivity contribution is 0.686. The maximum absolute atomic E-state index is 5.91. The Labute approximate surface area is 141 Å². The Bertz CT molecular complexity index is 778. The summed E-state index contributed by atoms with van der Waals surface area (Å²) in [5, 5.41) is 7.49. The molecule has 0 aliphatic rings. The minimum Gasteiger partial charge on any atom is -0.370 e. The Morgan fingerprint density at radius 3 is 2.33 bits per heavy atom. The third-order valence-electron chi connectivity index (χ3n) is 3.62. The number of rotatable bonds is 6. The number of nitrogens with one attached hydrogen (secondary N) is 1. The van der Waals surface area contributed by atoms with E-state index in [1.807, 2.05) is 65.6 Å². The average molecular weight is 319 g/mol. The Kier molecular flexibility index (Phi) is 5.24. The van der Waals surface area contributed by atoms with Gasteiger partial charge in [0.05, 0.1) is 19.3 Å². The molecule has 2 aromatic carbocycles. The predicted octanol–water partition coefficient (Wildman–Crippen LogP) is 2.54. The highest BCUT2D eigenvalue weighted by Gasteiger charge is 2.00. The molecule has 5 nitrogen and oxygen atoms in total. The summed E-state index contributed by atoms with van der Waals surface area (Å²) >= 11 is 0. The lowest BCUT2D eigenvalue weighted by Crippen LogP contribution is -2.31. The number of hydrogen-bond acceptors (Lipinski definition) is 2. The van der Waals surface area contributed by atoms with E-state index in [0.29, 0.717) is 19.0 Å². The summed E-state index contributed by atoms with van der Waals surface area (Å²) in [6.07, 6.45) is 3.83. The molecule has 0 saturated carbocycles. The fraction of sp³-hybridized carbons (Fsp3) is 0.158. The van der Waals surface area contributed by atoms with Crippen LogP contribution in [0.2, 0.25) is 0 Å². The second-order valence-corrected chi connectivity index (χ2v) is 5.57. The maximum atomic E-state index is 5.91. The van der Waals surface area contributed by atoms with Gasteiger partial charge in [0.15, 0.2) is 5.96 Å². The monoisotopic (exact) mass is 319 g/mol. The molecule has 3 N–H and O–H groups in total. The summed E-state index contributed by atoms with van der Waals surface area (Å²) in [6, 6.07) is 20.4. The molecular formula is C19H21N5. The molecule has 3 rings (SSSR count). The second-order valence-electron chi connectivity index (χ2n) is 5.57. The number of nitrogens with zero attached hydrogens (tertiary/aromatic N) is 3. The molecule has 0 saturated heterocycles. The van der Waals surface area contributed by atoms with Crippen LogP contribution in [0.15, 0.2) is 78.0 Å². The van der Waals surface area contributed by atoms with E-state index in [9.17, 15) is 0 Å². The zero-order valence-corrected chi connectivity index (χ0v) is 13.5. The van der Waals surface area contributed by atoms with Crippen molar-refractivity contribution >= 4 is 5.96 Å². The van der Waals surface area contributed by atoms with E-state index in [0.717, 1.165) is 12.1 Å². The summed E-state index contributed by atoms with van der Waals surface area (Å²) in [5.41, 5.74) is 9.34. The van der Waals surface area contributed by atoms with Gasteiger partial charge in [0, 0.05) is 18.3 Å². The van der Waals surface area contributed by atoms with Gasteiger partial charge in [-0.3, -0.25) is 4.68 Å². The number of guanidine groups is 1. The van der Waals surface area contributed by atoms with Gasteiger partial charge >= 0.3 is 0 Å². The van der Waals surface area contributed by atoms with E-state index >= 15 is 0 Å².